The van der Waals surface area contributed by atoms with E-state index >= 15 is 0 Å². The summed E-state index contributed by atoms with van der Waals surface area (Å²) < 4.78 is 44.8. The van der Waals surface area contributed by atoms with Gasteiger partial charge in [0, 0.05) is 19.5 Å². The van der Waals surface area contributed by atoms with Gasteiger partial charge in [0.1, 0.15) is 10.7 Å². The number of benzene rings is 1. The van der Waals surface area contributed by atoms with Gasteiger partial charge < -0.3 is 9.84 Å². The van der Waals surface area contributed by atoms with Crippen molar-refractivity contribution in [3.8, 4) is 0 Å². The molecule has 0 saturated carbocycles. The second-order valence-corrected chi connectivity index (χ2v) is 6.03. The lowest BCUT2D eigenvalue weighted by atomic mass is 10.2. The molecule has 9 heteroatoms. The van der Waals surface area contributed by atoms with Crippen molar-refractivity contribution in [2.75, 3.05) is 13.6 Å². The van der Waals surface area contributed by atoms with Crippen LogP contribution in [0.3, 0.4) is 0 Å². The maximum Gasteiger partial charge on any atom is 0.243 e. The van der Waals surface area contributed by atoms with E-state index in [-0.39, 0.29) is 17.9 Å². The Morgan fingerprint density at radius 2 is 2.19 bits per heavy atom. The van der Waals surface area contributed by atoms with Crippen LogP contribution in [0, 0.1) is 5.82 Å². The Morgan fingerprint density at radius 3 is 2.81 bits per heavy atom. The lowest BCUT2D eigenvalue weighted by Gasteiger charge is -2.08. The van der Waals surface area contributed by atoms with E-state index in [1.54, 1.807) is 13.1 Å². The van der Waals surface area contributed by atoms with Gasteiger partial charge in [-0.05, 0) is 24.7 Å². The van der Waals surface area contributed by atoms with Gasteiger partial charge in [0.15, 0.2) is 5.82 Å². The van der Waals surface area contributed by atoms with Gasteiger partial charge in [-0.15, -0.1) is 0 Å². The minimum absolute atomic E-state index is 0.0551. The summed E-state index contributed by atoms with van der Waals surface area (Å²) in [5, 5.41) is 6.42. The van der Waals surface area contributed by atoms with Crippen LogP contribution >= 0.6 is 0 Å². The highest BCUT2D eigenvalue weighted by atomic mass is 32.2. The van der Waals surface area contributed by atoms with E-state index in [0.717, 1.165) is 6.39 Å². The van der Waals surface area contributed by atoms with Crippen LogP contribution in [-0.4, -0.2) is 32.2 Å². The predicted octanol–water partition coefficient (Wildman–Crippen LogP) is 0.449. The second-order valence-electron chi connectivity index (χ2n) is 4.29. The number of rotatable bonds is 7. The zero-order valence-corrected chi connectivity index (χ0v) is 12.2. The van der Waals surface area contributed by atoms with Crippen molar-refractivity contribution in [3.05, 3.63) is 41.8 Å². The van der Waals surface area contributed by atoms with Gasteiger partial charge in [0.05, 0.1) is 0 Å². The molecular formula is C12H15FN4O3S. The smallest absolute Gasteiger partial charge is 0.243 e. The van der Waals surface area contributed by atoms with Crippen LogP contribution in [-0.2, 0) is 23.0 Å². The summed E-state index contributed by atoms with van der Waals surface area (Å²) >= 11 is 0. The molecule has 7 nitrogen and oxygen atoms in total. The molecule has 1 aromatic heterocycles. The first kappa shape index (κ1) is 15.5. The van der Waals surface area contributed by atoms with Crippen molar-refractivity contribution in [3.63, 3.8) is 0 Å². The molecule has 0 bridgehead atoms. The van der Waals surface area contributed by atoms with Crippen molar-refractivity contribution < 1.29 is 17.3 Å². The van der Waals surface area contributed by atoms with Crippen LogP contribution in [0.4, 0.5) is 4.39 Å². The summed E-state index contributed by atoms with van der Waals surface area (Å²) in [5.74, 6) is -0.405. The van der Waals surface area contributed by atoms with Crippen LogP contribution in [0.2, 0.25) is 0 Å². The third-order valence-corrected chi connectivity index (χ3v) is 4.21. The number of nitrogens with one attached hydrogen (secondary N) is 2. The molecule has 0 spiro atoms. The van der Waals surface area contributed by atoms with Crippen molar-refractivity contribution in [2.24, 2.45) is 0 Å². The van der Waals surface area contributed by atoms with E-state index < -0.39 is 15.8 Å². The van der Waals surface area contributed by atoms with Crippen LogP contribution in [0.25, 0.3) is 0 Å². The van der Waals surface area contributed by atoms with Gasteiger partial charge in [-0.25, -0.2) is 17.5 Å². The van der Waals surface area contributed by atoms with Gasteiger partial charge in [0.2, 0.25) is 16.4 Å². The van der Waals surface area contributed by atoms with Gasteiger partial charge in [-0.2, -0.15) is 4.98 Å². The number of hydrogen-bond acceptors (Lipinski definition) is 6. The molecule has 114 valence electrons. The number of nitrogens with zero attached hydrogens (tertiary/aromatic N) is 2. The predicted molar refractivity (Wildman–Crippen MR) is 72.4 cm³/mol. The van der Waals surface area contributed by atoms with Crippen LogP contribution in [0.1, 0.15) is 11.4 Å². The Morgan fingerprint density at radius 1 is 1.38 bits per heavy atom. The molecular weight excluding hydrogens is 299 g/mol. The maximum absolute atomic E-state index is 13.9. The fraction of sp³-hybridized carbons (Fsp3) is 0.333. The molecule has 0 atom stereocenters. The van der Waals surface area contributed by atoms with Gasteiger partial charge >= 0.3 is 0 Å². The fourth-order valence-electron chi connectivity index (χ4n) is 1.75. The number of aromatic nitrogens is 2. The van der Waals surface area contributed by atoms with Gasteiger partial charge in [-0.3, -0.25) is 0 Å². The normalized spacial score (nSPS) is 11.7. The van der Waals surface area contributed by atoms with Crippen LogP contribution in [0.5, 0.6) is 0 Å². The molecule has 0 aliphatic carbocycles. The van der Waals surface area contributed by atoms with Crippen molar-refractivity contribution in [2.45, 2.75) is 17.9 Å². The highest BCUT2D eigenvalue weighted by Gasteiger charge is 2.19. The lowest BCUT2D eigenvalue weighted by Crippen LogP contribution is -2.27. The first-order valence-electron chi connectivity index (χ1n) is 6.21. The van der Waals surface area contributed by atoms with Crippen molar-refractivity contribution >= 4 is 10.0 Å². The summed E-state index contributed by atoms with van der Waals surface area (Å²) in [7, 11) is -2.18. The summed E-state index contributed by atoms with van der Waals surface area (Å²) in [4.78, 5) is 3.39. The third kappa shape index (κ3) is 4.06. The fourth-order valence-corrected chi connectivity index (χ4v) is 2.84. The van der Waals surface area contributed by atoms with Gasteiger partial charge in [-0.1, -0.05) is 11.2 Å². The minimum Gasteiger partial charge on any atom is -0.343 e. The molecule has 0 aliphatic heterocycles. The molecule has 0 saturated heterocycles. The monoisotopic (exact) mass is 314 g/mol. The Balaban J connectivity index is 2.04. The lowest BCUT2D eigenvalue weighted by molar-refractivity contribution is 0.409. The Hall–Kier alpha value is -1.84. The SMILES string of the molecule is CNCc1ccc(S(=O)(=O)NCCc2ncon2)c(F)c1. The summed E-state index contributed by atoms with van der Waals surface area (Å²) in [6.45, 7) is 0.516. The Kier molecular flexibility index (Phi) is 4.99. The number of sulfonamides is 1. The van der Waals surface area contributed by atoms with E-state index in [0.29, 0.717) is 17.9 Å². The van der Waals surface area contributed by atoms with Crippen molar-refractivity contribution in [1.29, 1.82) is 0 Å². The molecule has 0 fully saturated rings. The topological polar surface area (TPSA) is 97.1 Å². The maximum atomic E-state index is 13.9. The minimum atomic E-state index is -3.91. The van der Waals surface area contributed by atoms with Gasteiger partial charge in [0.25, 0.3) is 0 Å². The Labute approximate surface area is 121 Å². The summed E-state index contributed by atoms with van der Waals surface area (Å²) in [6, 6.07) is 4.01. The standard InChI is InChI=1S/C12H15FN4O3S/c1-14-7-9-2-3-11(10(13)6-9)21(18,19)16-5-4-12-15-8-20-17-12/h2-3,6,8,14,16H,4-5,7H2,1H3. The zero-order chi connectivity index (χ0) is 15.3. The molecule has 2 rings (SSSR count). The van der Waals surface area contributed by atoms with E-state index in [9.17, 15) is 12.8 Å². The third-order valence-electron chi connectivity index (χ3n) is 2.71. The molecule has 21 heavy (non-hydrogen) atoms. The van der Waals surface area contributed by atoms with E-state index in [1.807, 2.05) is 0 Å². The number of hydrogen-bond donors (Lipinski definition) is 2. The summed E-state index contributed by atoms with van der Waals surface area (Å²) in [5.41, 5.74) is 0.667. The average molecular weight is 314 g/mol. The molecule has 2 aromatic rings. The van der Waals surface area contributed by atoms with E-state index in [2.05, 4.69) is 24.7 Å². The first-order valence-corrected chi connectivity index (χ1v) is 7.69. The first-order chi connectivity index (χ1) is 10.0. The quantitative estimate of drug-likeness (QED) is 0.770. The van der Waals surface area contributed by atoms with E-state index in [1.165, 1.54) is 12.1 Å². The number of halogens is 1. The van der Waals surface area contributed by atoms with E-state index in [4.69, 9.17) is 0 Å². The molecule has 2 N–H and O–H groups in total. The largest absolute Gasteiger partial charge is 0.343 e. The van der Waals surface area contributed by atoms with Crippen LogP contribution < -0.4 is 10.0 Å². The average Bonchev–Trinajstić information content (AvgIpc) is 2.92. The molecule has 0 unspecified atom stereocenters. The molecule has 0 amide bonds. The Bertz CT molecular complexity index is 689. The molecule has 1 aromatic carbocycles. The molecule has 0 aliphatic rings. The highest BCUT2D eigenvalue weighted by Crippen LogP contribution is 2.16. The second kappa shape index (κ2) is 6.74. The van der Waals surface area contributed by atoms with Crippen LogP contribution in [0.15, 0.2) is 34.0 Å². The zero-order valence-electron chi connectivity index (χ0n) is 11.3. The molecule has 1 heterocycles. The molecule has 0 radical (unpaired) electrons. The highest BCUT2D eigenvalue weighted by molar-refractivity contribution is 7.89. The summed E-state index contributed by atoms with van der Waals surface area (Å²) in [6.07, 6.45) is 1.42. The van der Waals surface area contributed by atoms with Crippen molar-refractivity contribution in [1.82, 2.24) is 20.2 Å².